The Morgan fingerprint density at radius 2 is 2.24 bits per heavy atom. The molecule has 0 saturated carbocycles. The Bertz CT molecular complexity index is 669. The van der Waals surface area contributed by atoms with Gasteiger partial charge in [-0.25, -0.2) is 4.98 Å². The highest BCUT2D eigenvalue weighted by Crippen LogP contribution is 2.25. The van der Waals surface area contributed by atoms with Gasteiger partial charge in [0.1, 0.15) is 0 Å². The molecule has 0 saturated heterocycles. The summed E-state index contributed by atoms with van der Waals surface area (Å²) in [4.78, 5) is 4.50. The van der Waals surface area contributed by atoms with Crippen LogP contribution in [0.3, 0.4) is 0 Å². The van der Waals surface area contributed by atoms with E-state index in [9.17, 15) is 0 Å². The molecule has 1 aromatic carbocycles. The van der Waals surface area contributed by atoms with Crippen LogP contribution in [0.15, 0.2) is 40.3 Å². The fraction of sp³-hybridized carbons (Fsp3) is 0.154. The molecule has 0 amide bonds. The molecule has 86 valence electrons. The van der Waals surface area contributed by atoms with Gasteiger partial charge in [0.15, 0.2) is 0 Å². The Labute approximate surface area is 112 Å². The average Bonchev–Trinajstić information content (AvgIpc) is 2.88. The molecule has 2 nitrogen and oxygen atoms in total. The number of aromatic nitrogens is 2. The summed E-state index contributed by atoms with van der Waals surface area (Å²) < 4.78 is 3.37. The average molecular weight is 307 g/mol. The number of aryl methyl sites for hydroxylation is 1. The third-order valence-corrected chi connectivity index (χ3v) is 4.27. The SMILES string of the molecule is Cc1nc(Cn2ccc3c(Br)cccc32)cs1. The number of halogens is 1. The quantitative estimate of drug-likeness (QED) is 0.693. The van der Waals surface area contributed by atoms with Gasteiger partial charge >= 0.3 is 0 Å². The third-order valence-electron chi connectivity index (χ3n) is 2.76. The van der Waals surface area contributed by atoms with Gasteiger partial charge in [0.2, 0.25) is 0 Å². The van der Waals surface area contributed by atoms with E-state index in [-0.39, 0.29) is 0 Å². The van der Waals surface area contributed by atoms with Crippen molar-refractivity contribution in [2.75, 3.05) is 0 Å². The maximum absolute atomic E-state index is 4.50. The van der Waals surface area contributed by atoms with Crippen molar-refractivity contribution in [3.8, 4) is 0 Å². The summed E-state index contributed by atoms with van der Waals surface area (Å²) in [5.41, 5.74) is 2.37. The fourth-order valence-electron chi connectivity index (χ4n) is 1.98. The molecule has 4 heteroatoms. The van der Waals surface area contributed by atoms with Crippen LogP contribution < -0.4 is 0 Å². The van der Waals surface area contributed by atoms with E-state index in [1.807, 2.05) is 6.92 Å². The van der Waals surface area contributed by atoms with E-state index in [4.69, 9.17) is 0 Å². The number of thiazole rings is 1. The monoisotopic (exact) mass is 306 g/mol. The van der Waals surface area contributed by atoms with Crippen molar-refractivity contribution in [3.63, 3.8) is 0 Å². The molecule has 0 aliphatic rings. The predicted octanol–water partition coefficient (Wildman–Crippen LogP) is 4.22. The summed E-state index contributed by atoms with van der Waals surface area (Å²) in [5.74, 6) is 0. The van der Waals surface area contributed by atoms with Gasteiger partial charge < -0.3 is 4.57 Å². The molecular weight excluding hydrogens is 296 g/mol. The first-order valence-corrected chi connectivity index (χ1v) is 7.05. The second kappa shape index (κ2) is 4.27. The minimum absolute atomic E-state index is 0.838. The van der Waals surface area contributed by atoms with E-state index >= 15 is 0 Å². The van der Waals surface area contributed by atoms with Gasteiger partial charge in [0, 0.05) is 27.0 Å². The van der Waals surface area contributed by atoms with Crippen LogP contribution in [0.25, 0.3) is 10.9 Å². The van der Waals surface area contributed by atoms with E-state index < -0.39 is 0 Å². The zero-order chi connectivity index (χ0) is 11.8. The number of benzene rings is 1. The summed E-state index contributed by atoms with van der Waals surface area (Å²) >= 11 is 5.27. The van der Waals surface area contributed by atoms with E-state index in [0.717, 1.165) is 21.7 Å². The van der Waals surface area contributed by atoms with Crippen LogP contribution in [-0.4, -0.2) is 9.55 Å². The first kappa shape index (κ1) is 11.0. The summed E-state index contributed by atoms with van der Waals surface area (Å²) in [6, 6.07) is 8.41. The first-order chi connectivity index (χ1) is 8.24. The van der Waals surface area contributed by atoms with Gasteiger partial charge in [-0.15, -0.1) is 11.3 Å². The van der Waals surface area contributed by atoms with Crippen LogP contribution >= 0.6 is 27.3 Å². The predicted molar refractivity (Wildman–Crippen MR) is 75.6 cm³/mol. The van der Waals surface area contributed by atoms with Gasteiger partial charge in [-0.05, 0) is 25.1 Å². The topological polar surface area (TPSA) is 17.8 Å². The van der Waals surface area contributed by atoms with Crippen molar-refractivity contribution in [1.29, 1.82) is 0 Å². The Morgan fingerprint density at radius 1 is 1.35 bits per heavy atom. The van der Waals surface area contributed by atoms with Crippen LogP contribution in [0.2, 0.25) is 0 Å². The second-order valence-electron chi connectivity index (χ2n) is 3.97. The standard InChI is InChI=1S/C13H11BrN2S/c1-9-15-10(8-17-9)7-16-6-5-11-12(14)3-2-4-13(11)16/h2-6,8H,7H2,1H3. The highest BCUT2D eigenvalue weighted by molar-refractivity contribution is 9.10. The van der Waals surface area contributed by atoms with Crippen molar-refractivity contribution < 1.29 is 0 Å². The van der Waals surface area contributed by atoms with Crippen molar-refractivity contribution in [3.05, 3.63) is 51.0 Å². The highest BCUT2D eigenvalue weighted by atomic mass is 79.9. The van der Waals surface area contributed by atoms with Gasteiger partial charge in [-0.2, -0.15) is 0 Å². The van der Waals surface area contributed by atoms with Crippen LogP contribution in [0.5, 0.6) is 0 Å². The Morgan fingerprint density at radius 3 is 3.00 bits per heavy atom. The van der Waals surface area contributed by atoms with Gasteiger partial charge in [0.05, 0.1) is 17.2 Å². The summed E-state index contributed by atoms with van der Waals surface area (Å²) in [6.07, 6.45) is 2.12. The van der Waals surface area contributed by atoms with Crippen molar-refractivity contribution in [1.82, 2.24) is 9.55 Å². The molecule has 0 N–H and O–H groups in total. The van der Waals surface area contributed by atoms with Crippen LogP contribution in [0, 0.1) is 6.92 Å². The number of nitrogens with zero attached hydrogens (tertiary/aromatic N) is 2. The molecule has 3 aromatic rings. The molecule has 0 radical (unpaired) electrons. The maximum atomic E-state index is 4.50. The highest BCUT2D eigenvalue weighted by Gasteiger charge is 2.05. The van der Waals surface area contributed by atoms with E-state index in [1.54, 1.807) is 11.3 Å². The van der Waals surface area contributed by atoms with E-state index in [2.05, 4.69) is 61.3 Å². The molecule has 2 heterocycles. The molecule has 17 heavy (non-hydrogen) atoms. The minimum atomic E-state index is 0.838. The maximum Gasteiger partial charge on any atom is 0.0898 e. The lowest BCUT2D eigenvalue weighted by Gasteiger charge is -2.03. The van der Waals surface area contributed by atoms with Crippen LogP contribution in [0.4, 0.5) is 0 Å². The normalized spacial score (nSPS) is 11.2. The lowest BCUT2D eigenvalue weighted by molar-refractivity contribution is 0.812. The number of hydrogen-bond acceptors (Lipinski definition) is 2. The van der Waals surface area contributed by atoms with Crippen LogP contribution in [-0.2, 0) is 6.54 Å². The molecule has 2 aromatic heterocycles. The lowest BCUT2D eigenvalue weighted by Crippen LogP contribution is -1.97. The van der Waals surface area contributed by atoms with Gasteiger partial charge in [-0.1, -0.05) is 22.0 Å². The molecule has 0 aliphatic heterocycles. The second-order valence-corrected chi connectivity index (χ2v) is 5.89. The Kier molecular flexibility index (Phi) is 2.76. The third kappa shape index (κ3) is 2.03. The van der Waals surface area contributed by atoms with E-state index in [0.29, 0.717) is 0 Å². The number of rotatable bonds is 2. The largest absolute Gasteiger partial charge is 0.341 e. The number of fused-ring (bicyclic) bond motifs is 1. The molecule has 0 spiro atoms. The Hall–Kier alpha value is -1.13. The number of hydrogen-bond donors (Lipinski definition) is 0. The van der Waals surface area contributed by atoms with E-state index in [1.165, 1.54) is 10.9 Å². The molecule has 0 unspecified atom stereocenters. The molecule has 0 atom stereocenters. The molecule has 3 rings (SSSR count). The summed E-state index contributed by atoms with van der Waals surface area (Å²) in [7, 11) is 0. The lowest BCUT2D eigenvalue weighted by atomic mass is 10.2. The molecular formula is C13H11BrN2S. The molecule has 0 bridgehead atoms. The van der Waals surface area contributed by atoms with Crippen molar-refractivity contribution >= 4 is 38.2 Å². The van der Waals surface area contributed by atoms with Crippen molar-refractivity contribution in [2.24, 2.45) is 0 Å². The first-order valence-electron chi connectivity index (χ1n) is 5.38. The van der Waals surface area contributed by atoms with Crippen LogP contribution in [0.1, 0.15) is 10.7 Å². The summed E-state index contributed by atoms with van der Waals surface area (Å²) in [5, 5.41) is 4.50. The van der Waals surface area contributed by atoms with Crippen molar-refractivity contribution in [2.45, 2.75) is 13.5 Å². The smallest absolute Gasteiger partial charge is 0.0898 e. The zero-order valence-electron chi connectivity index (χ0n) is 9.35. The van der Waals surface area contributed by atoms with Gasteiger partial charge in [-0.3, -0.25) is 0 Å². The summed E-state index contributed by atoms with van der Waals surface area (Å²) in [6.45, 7) is 2.88. The molecule has 0 aliphatic carbocycles. The van der Waals surface area contributed by atoms with Gasteiger partial charge in [0.25, 0.3) is 0 Å². The zero-order valence-corrected chi connectivity index (χ0v) is 11.8. The molecule has 0 fully saturated rings. The minimum Gasteiger partial charge on any atom is -0.341 e. The fourth-order valence-corrected chi connectivity index (χ4v) is 3.07. The Balaban J connectivity index is 2.04.